The Morgan fingerprint density at radius 2 is 2.00 bits per heavy atom. The lowest BCUT2D eigenvalue weighted by Crippen LogP contribution is -2.38. The summed E-state index contributed by atoms with van der Waals surface area (Å²) >= 11 is 3.47. The van der Waals surface area contributed by atoms with Crippen LogP contribution in [-0.2, 0) is 11.2 Å². The topological polar surface area (TPSA) is 38.7 Å². The lowest BCUT2D eigenvalue weighted by Gasteiger charge is -2.36. The Morgan fingerprint density at radius 1 is 1.32 bits per heavy atom. The fourth-order valence-electron chi connectivity index (χ4n) is 2.78. The predicted molar refractivity (Wildman–Crippen MR) is 78.6 cm³/mol. The number of hydrogen-bond donors (Lipinski definition) is 1. The first-order valence-electron chi connectivity index (χ1n) is 6.64. The van der Waals surface area contributed by atoms with Crippen LogP contribution in [0, 0.1) is 0 Å². The molecule has 0 amide bonds. The molecule has 1 aromatic rings. The van der Waals surface area contributed by atoms with Crippen LogP contribution in [0.1, 0.15) is 31.2 Å². The van der Waals surface area contributed by atoms with Gasteiger partial charge in [0, 0.05) is 18.0 Å². The molecule has 1 saturated carbocycles. The first-order valence-corrected chi connectivity index (χ1v) is 7.43. The van der Waals surface area contributed by atoms with Crippen LogP contribution in [0.25, 0.3) is 0 Å². The van der Waals surface area contributed by atoms with Crippen LogP contribution < -0.4 is 4.74 Å². The third-order valence-corrected chi connectivity index (χ3v) is 4.45. The average Bonchev–Trinajstić information content (AvgIpc) is 2.39. The molecule has 1 aromatic carbocycles. The fraction of sp³-hybridized carbons (Fsp3) is 0.600. The van der Waals surface area contributed by atoms with Gasteiger partial charge in [0.15, 0.2) is 0 Å². The maximum Gasteiger partial charge on any atom is 0.122 e. The smallest absolute Gasteiger partial charge is 0.122 e. The number of benzene rings is 1. The Labute approximate surface area is 123 Å². The van der Waals surface area contributed by atoms with Crippen molar-refractivity contribution < 1.29 is 14.6 Å². The van der Waals surface area contributed by atoms with Crippen molar-refractivity contribution in [3.63, 3.8) is 0 Å². The van der Waals surface area contributed by atoms with Crippen molar-refractivity contribution in [2.24, 2.45) is 0 Å². The van der Waals surface area contributed by atoms with E-state index >= 15 is 0 Å². The number of halogens is 1. The molecule has 0 saturated heterocycles. The van der Waals surface area contributed by atoms with Gasteiger partial charge in [-0.05, 0) is 49.4 Å². The van der Waals surface area contributed by atoms with Crippen molar-refractivity contribution in [1.82, 2.24) is 0 Å². The molecule has 0 aliphatic heterocycles. The van der Waals surface area contributed by atoms with Gasteiger partial charge in [-0.25, -0.2) is 0 Å². The normalized spacial score (nSPS) is 27.3. The predicted octanol–water partition coefficient (Wildman–Crippen LogP) is 3.32. The van der Waals surface area contributed by atoms with E-state index in [2.05, 4.69) is 15.9 Å². The lowest BCUT2D eigenvalue weighted by atomic mass is 9.79. The van der Waals surface area contributed by atoms with Gasteiger partial charge < -0.3 is 14.6 Å². The number of ether oxygens (including phenoxy) is 2. The van der Waals surface area contributed by atoms with Crippen molar-refractivity contribution in [1.29, 1.82) is 0 Å². The molecule has 4 heteroatoms. The summed E-state index contributed by atoms with van der Waals surface area (Å²) in [6.45, 7) is 0. The van der Waals surface area contributed by atoms with E-state index < -0.39 is 5.60 Å². The minimum absolute atomic E-state index is 0.296. The maximum absolute atomic E-state index is 10.7. The van der Waals surface area contributed by atoms with Crippen molar-refractivity contribution in [3.05, 3.63) is 28.2 Å². The second kappa shape index (κ2) is 6.25. The molecule has 0 unspecified atom stereocenters. The monoisotopic (exact) mass is 328 g/mol. The molecule has 1 N–H and O–H groups in total. The summed E-state index contributed by atoms with van der Waals surface area (Å²) < 4.78 is 11.7. The molecule has 0 spiro atoms. The molecule has 106 valence electrons. The van der Waals surface area contributed by atoms with Gasteiger partial charge >= 0.3 is 0 Å². The van der Waals surface area contributed by atoms with Crippen LogP contribution in [0.4, 0.5) is 0 Å². The summed E-state index contributed by atoms with van der Waals surface area (Å²) in [7, 11) is 3.41. The first-order chi connectivity index (χ1) is 9.06. The van der Waals surface area contributed by atoms with Gasteiger partial charge in [-0.1, -0.05) is 15.9 Å². The third kappa shape index (κ3) is 3.71. The summed E-state index contributed by atoms with van der Waals surface area (Å²) in [6, 6.07) is 5.91. The van der Waals surface area contributed by atoms with E-state index in [9.17, 15) is 5.11 Å². The zero-order valence-corrected chi connectivity index (χ0v) is 13.1. The van der Waals surface area contributed by atoms with Crippen molar-refractivity contribution in [3.8, 4) is 5.75 Å². The molecular formula is C15H21BrO3. The highest BCUT2D eigenvalue weighted by Crippen LogP contribution is 2.35. The third-order valence-electron chi connectivity index (χ3n) is 3.96. The van der Waals surface area contributed by atoms with Crippen LogP contribution >= 0.6 is 15.9 Å². The summed E-state index contributed by atoms with van der Waals surface area (Å²) in [5.74, 6) is 0.838. The van der Waals surface area contributed by atoms with Crippen LogP contribution in [0.5, 0.6) is 5.75 Å². The molecular weight excluding hydrogens is 308 g/mol. The first kappa shape index (κ1) is 14.8. The molecule has 1 aliphatic carbocycles. The Morgan fingerprint density at radius 3 is 2.58 bits per heavy atom. The van der Waals surface area contributed by atoms with Gasteiger partial charge in [-0.3, -0.25) is 0 Å². The van der Waals surface area contributed by atoms with E-state index in [1.165, 1.54) is 0 Å². The lowest BCUT2D eigenvalue weighted by molar-refractivity contribution is -0.0429. The molecule has 1 aliphatic rings. The van der Waals surface area contributed by atoms with E-state index in [4.69, 9.17) is 9.47 Å². The van der Waals surface area contributed by atoms with Crippen molar-refractivity contribution >= 4 is 15.9 Å². The minimum Gasteiger partial charge on any atom is -0.496 e. The standard InChI is InChI=1S/C15H21BrO3/c1-18-13-5-7-15(17,8-6-13)10-11-9-12(16)3-4-14(11)19-2/h3-4,9,13,17H,5-8,10H2,1-2H3. The minimum atomic E-state index is -0.636. The van der Waals surface area contributed by atoms with Crippen LogP contribution in [-0.4, -0.2) is 31.0 Å². The molecule has 1 fully saturated rings. The summed E-state index contributed by atoms with van der Waals surface area (Å²) in [5, 5.41) is 10.7. The van der Waals surface area contributed by atoms with Crippen LogP contribution in [0.15, 0.2) is 22.7 Å². The molecule has 0 radical (unpaired) electrons. The number of aliphatic hydroxyl groups is 1. The van der Waals surface area contributed by atoms with Crippen LogP contribution in [0.3, 0.4) is 0 Å². The number of rotatable bonds is 4. The summed E-state index contributed by atoms with van der Waals surface area (Å²) in [6.07, 6.45) is 4.32. The maximum atomic E-state index is 10.7. The van der Waals surface area contributed by atoms with Crippen molar-refractivity contribution in [2.45, 2.75) is 43.8 Å². The highest BCUT2D eigenvalue weighted by atomic mass is 79.9. The summed E-state index contributed by atoms with van der Waals surface area (Å²) in [4.78, 5) is 0. The van der Waals surface area contributed by atoms with Gasteiger partial charge in [0.2, 0.25) is 0 Å². The Balaban J connectivity index is 2.10. The van der Waals surface area contributed by atoms with Gasteiger partial charge in [0.05, 0.1) is 18.8 Å². The zero-order valence-electron chi connectivity index (χ0n) is 11.5. The molecule has 0 aromatic heterocycles. The molecule has 19 heavy (non-hydrogen) atoms. The Kier molecular flexibility index (Phi) is 4.87. The summed E-state index contributed by atoms with van der Waals surface area (Å²) in [5.41, 5.74) is 0.415. The molecule has 0 heterocycles. The SMILES string of the molecule is COc1ccc(Br)cc1CC1(O)CCC(OC)CC1. The molecule has 3 nitrogen and oxygen atoms in total. The number of hydrogen-bond acceptors (Lipinski definition) is 3. The fourth-order valence-corrected chi connectivity index (χ4v) is 3.19. The zero-order chi connectivity index (χ0) is 13.9. The van der Waals surface area contributed by atoms with Gasteiger partial charge in [-0.2, -0.15) is 0 Å². The molecule has 2 rings (SSSR count). The van der Waals surface area contributed by atoms with Gasteiger partial charge in [-0.15, -0.1) is 0 Å². The van der Waals surface area contributed by atoms with E-state index in [0.717, 1.165) is 41.5 Å². The second-order valence-electron chi connectivity index (χ2n) is 5.29. The van der Waals surface area contributed by atoms with Crippen LogP contribution in [0.2, 0.25) is 0 Å². The van der Waals surface area contributed by atoms with E-state index in [0.29, 0.717) is 12.5 Å². The van der Waals surface area contributed by atoms with E-state index in [1.54, 1.807) is 14.2 Å². The number of methoxy groups -OCH3 is 2. The van der Waals surface area contributed by atoms with E-state index in [1.807, 2.05) is 18.2 Å². The van der Waals surface area contributed by atoms with Crippen molar-refractivity contribution in [2.75, 3.05) is 14.2 Å². The largest absolute Gasteiger partial charge is 0.496 e. The quantitative estimate of drug-likeness (QED) is 0.921. The highest BCUT2D eigenvalue weighted by Gasteiger charge is 2.34. The molecule has 0 atom stereocenters. The Bertz CT molecular complexity index is 425. The second-order valence-corrected chi connectivity index (χ2v) is 6.21. The highest BCUT2D eigenvalue weighted by molar-refractivity contribution is 9.10. The average molecular weight is 329 g/mol. The Hall–Kier alpha value is -0.580. The molecule has 0 bridgehead atoms. The van der Waals surface area contributed by atoms with Gasteiger partial charge in [0.25, 0.3) is 0 Å². The van der Waals surface area contributed by atoms with E-state index in [-0.39, 0.29) is 0 Å². The van der Waals surface area contributed by atoms with Gasteiger partial charge in [0.1, 0.15) is 5.75 Å².